The average Bonchev–Trinajstić information content (AvgIpc) is 3.55. The third kappa shape index (κ3) is 5.30. The molecule has 1 atom stereocenters. The minimum absolute atomic E-state index is 0.0116. The van der Waals surface area contributed by atoms with Crippen LogP contribution in [-0.4, -0.2) is 80.5 Å². The molecule has 36 heavy (non-hydrogen) atoms. The number of thiazole rings is 1. The Morgan fingerprint density at radius 2 is 1.86 bits per heavy atom. The number of hydrogen-bond acceptors (Lipinski definition) is 7. The Labute approximate surface area is 214 Å². The van der Waals surface area contributed by atoms with Gasteiger partial charge in [0.2, 0.25) is 15.9 Å². The maximum atomic E-state index is 13.9. The second kappa shape index (κ2) is 10.9. The van der Waals surface area contributed by atoms with Crippen LogP contribution in [0.1, 0.15) is 19.3 Å². The van der Waals surface area contributed by atoms with Gasteiger partial charge in [0, 0.05) is 32.7 Å². The van der Waals surface area contributed by atoms with Gasteiger partial charge in [0.05, 0.1) is 28.3 Å². The largest absolute Gasteiger partial charge is 0.379 e. The highest BCUT2D eigenvalue weighted by molar-refractivity contribution is 7.89. The van der Waals surface area contributed by atoms with E-state index in [1.54, 1.807) is 4.90 Å². The number of hydrogen-bond donors (Lipinski definition) is 0. The van der Waals surface area contributed by atoms with Crippen LogP contribution in [0.5, 0.6) is 0 Å². The van der Waals surface area contributed by atoms with Crippen LogP contribution < -0.4 is 4.90 Å². The Hall–Kier alpha value is -2.44. The van der Waals surface area contributed by atoms with Crippen molar-refractivity contribution in [3.63, 3.8) is 0 Å². The molecule has 0 radical (unpaired) electrons. The smallest absolute Gasteiger partial charge is 0.247 e. The number of carbonyl (C=O) groups excluding carboxylic acids is 1. The molecule has 2 aromatic carbocycles. The molecule has 1 amide bonds. The number of morpholine rings is 1. The normalized spacial score (nSPS) is 19.6. The van der Waals surface area contributed by atoms with Crippen molar-refractivity contribution in [3.8, 4) is 0 Å². The summed E-state index contributed by atoms with van der Waals surface area (Å²) in [6.07, 6.45) is 1.75. The zero-order chi connectivity index (χ0) is 25.1. The number of anilines is 1. The number of amides is 1. The number of carbonyl (C=O) groups is 1. The van der Waals surface area contributed by atoms with Crippen molar-refractivity contribution >= 4 is 42.6 Å². The van der Waals surface area contributed by atoms with Gasteiger partial charge in [0.1, 0.15) is 11.9 Å². The van der Waals surface area contributed by atoms with Crippen molar-refractivity contribution in [1.82, 2.24) is 14.2 Å². The molecule has 3 heterocycles. The van der Waals surface area contributed by atoms with Crippen molar-refractivity contribution in [2.45, 2.75) is 30.2 Å². The van der Waals surface area contributed by atoms with Crippen LogP contribution >= 0.6 is 11.3 Å². The minimum Gasteiger partial charge on any atom is -0.379 e. The lowest BCUT2D eigenvalue weighted by Gasteiger charge is -2.30. The van der Waals surface area contributed by atoms with E-state index in [0.29, 0.717) is 37.7 Å². The summed E-state index contributed by atoms with van der Waals surface area (Å²) in [5.74, 6) is -0.774. The van der Waals surface area contributed by atoms with Crippen LogP contribution in [0.15, 0.2) is 53.4 Å². The monoisotopic (exact) mass is 532 g/mol. The molecule has 2 aliphatic rings. The number of halogens is 1. The van der Waals surface area contributed by atoms with Crippen molar-refractivity contribution < 1.29 is 22.3 Å². The van der Waals surface area contributed by atoms with Gasteiger partial charge in [0.15, 0.2) is 5.13 Å². The Kier molecular flexibility index (Phi) is 7.63. The fourth-order valence-corrected chi connectivity index (χ4v) is 7.40. The number of benzene rings is 2. The first-order valence-electron chi connectivity index (χ1n) is 12.2. The molecule has 2 aliphatic heterocycles. The van der Waals surface area contributed by atoms with Gasteiger partial charge < -0.3 is 4.74 Å². The van der Waals surface area contributed by atoms with Gasteiger partial charge in [-0.3, -0.25) is 14.6 Å². The SMILES string of the molecule is O=C(C1CCCN1S(=O)(=O)c1ccc(F)cc1)N(CCCN1CCOCC1)c1nc2ccccc2s1. The third-order valence-corrected chi connectivity index (χ3v) is 9.63. The molecular weight excluding hydrogens is 503 g/mol. The molecule has 0 spiro atoms. The van der Waals surface area contributed by atoms with Crippen LogP contribution in [0.4, 0.5) is 9.52 Å². The summed E-state index contributed by atoms with van der Waals surface area (Å²) < 4.78 is 47.8. The van der Waals surface area contributed by atoms with Crippen molar-refractivity contribution in [1.29, 1.82) is 0 Å². The fourth-order valence-electron chi connectivity index (χ4n) is 4.75. The number of sulfonamides is 1. The second-order valence-corrected chi connectivity index (χ2v) is 11.9. The summed E-state index contributed by atoms with van der Waals surface area (Å²) in [4.78, 5) is 22.6. The first-order chi connectivity index (χ1) is 17.4. The van der Waals surface area contributed by atoms with Gasteiger partial charge in [-0.15, -0.1) is 0 Å². The molecule has 8 nitrogen and oxygen atoms in total. The number of aromatic nitrogens is 1. The molecule has 0 bridgehead atoms. The zero-order valence-corrected chi connectivity index (χ0v) is 21.5. The maximum Gasteiger partial charge on any atom is 0.247 e. The standard InChI is InChI=1S/C25H29FN4O4S2/c26-19-8-10-20(11-9-19)36(32,33)30-14-3-6-22(30)24(31)29(13-4-12-28-15-17-34-18-16-28)25-27-21-5-1-2-7-23(21)35-25/h1-2,5,7-11,22H,3-4,6,12-18H2. The average molecular weight is 533 g/mol. The second-order valence-electron chi connectivity index (χ2n) is 8.99. The number of ether oxygens (including phenoxy) is 1. The molecule has 3 aromatic rings. The molecule has 11 heteroatoms. The highest BCUT2D eigenvalue weighted by atomic mass is 32.2. The van der Waals surface area contributed by atoms with Gasteiger partial charge in [-0.25, -0.2) is 17.8 Å². The number of para-hydroxylation sites is 1. The highest BCUT2D eigenvalue weighted by Gasteiger charge is 2.42. The predicted octanol–water partition coefficient (Wildman–Crippen LogP) is 3.34. The summed E-state index contributed by atoms with van der Waals surface area (Å²) in [6.45, 7) is 4.65. The van der Waals surface area contributed by atoms with Gasteiger partial charge >= 0.3 is 0 Å². The molecule has 192 valence electrons. The van der Waals surface area contributed by atoms with Gasteiger partial charge in [-0.05, 0) is 55.7 Å². The van der Waals surface area contributed by atoms with Crippen LogP contribution in [0, 0.1) is 5.82 Å². The van der Waals surface area contributed by atoms with Gasteiger partial charge in [-0.2, -0.15) is 4.31 Å². The lowest BCUT2D eigenvalue weighted by atomic mass is 10.2. The molecule has 1 unspecified atom stereocenters. The quantitative estimate of drug-likeness (QED) is 0.443. The number of rotatable bonds is 8. The van der Waals surface area contributed by atoms with E-state index in [2.05, 4.69) is 4.90 Å². The summed E-state index contributed by atoms with van der Waals surface area (Å²) in [5.41, 5.74) is 0.811. The van der Waals surface area contributed by atoms with E-state index in [9.17, 15) is 17.6 Å². The van der Waals surface area contributed by atoms with Crippen molar-refractivity contribution in [2.75, 3.05) is 50.8 Å². The first-order valence-corrected chi connectivity index (χ1v) is 14.4. The Balaban J connectivity index is 1.40. The summed E-state index contributed by atoms with van der Waals surface area (Å²) in [7, 11) is -3.95. The predicted molar refractivity (Wildman–Crippen MR) is 137 cm³/mol. The van der Waals surface area contributed by atoms with Crippen LogP contribution in [0.2, 0.25) is 0 Å². The molecule has 5 rings (SSSR count). The molecule has 2 saturated heterocycles. The first kappa shape index (κ1) is 25.2. The Morgan fingerprint density at radius 1 is 1.11 bits per heavy atom. The van der Waals surface area contributed by atoms with Crippen LogP contribution in [0.25, 0.3) is 10.2 Å². The van der Waals surface area contributed by atoms with E-state index in [1.807, 2.05) is 24.3 Å². The van der Waals surface area contributed by atoms with Gasteiger partial charge in [0.25, 0.3) is 0 Å². The molecule has 0 N–H and O–H groups in total. The summed E-state index contributed by atoms with van der Waals surface area (Å²) >= 11 is 1.44. The Bertz CT molecular complexity index is 1280. The maximum absolute atomic E-state index is 13.9. The lowest BCUT2D eigenvalue weighted by Crippen LogP contribution is -2.48. The van der Waals surface area contributed by atoms with E-state index in [4.69, 9.17) is 9.72 Å². The van der Waals surface area contributed by atoms with Crippen LogP contribution in [-0.2, 0) is 19.6 Å². The van der Waals surface area contributed by atoms with Crippen molar-refractivity contribution in [2.24, 2.45) is 0 Å². The molecule has 1 aromatic heterocycles. The zero-order valence-electron chi connectivity index (χ0n) is 19.9. The molecule has 0 saturated carbocycles. The summed E-state index contributed by atoms with van der Waals surface area (Å²) in [5, 5.41) is 0.578. The topological polar surface area (TPSA) is 83.1 Å². The van der Waals surface area contributed by atoms with Crippen molar-refractivity contribution in [3.05, 3.63) is 54.3 Å². The minimum atomic E-state index is -3.95. The third-order valence-electron chi connectivity index (χ3n) is 6.65. The Morgan fingerprint density at radius 3 is 2.61 bits per heavy atom. The fraction of sp³-hybridized carbons (Fsp3) is 0.440. The summed E-state index contributed by atoms with van der Waals surface area (Å²) in [6, 6.07) is 11.6. The number of fused-ring (bicyclic) bond motifs is 1. The van der Waals surface area contributed by atoms with E-state index >= 15 is 0 Å². The van der Waals surface area contributed by atoms with E-state index in [-0.39, 0.29) is 17.3 Å². The molecule has 0 aliphatic carbocycles. The molecular formula is C25H29FN4O4S2. The highest BCUT2D eigenvalue weighted by Crippen LogP contribution is 2.33. The van der Waals surface area contributed by atoms with E-state index in [1.165, 1.54) is 27.8 Å². The van der Waals surface area contributed by atoms with E-state index < -0.39 is 21.9 Å². The van der Waals surface area contributed by atoms with E-state index in [0.717, 1.165) is 48.4 Å². The number of nitrogens with zero attached hydrogens (tertiary/aromatic N) is 4. The lowest BCUT2D eigenvalue weighted by molar-refractivity contribution is -0.121. The van der Waals surface area contributed by atoms with Crippen LogP contribution in [0.3, 0.4) is 0 Å². The van der Waals surface area contributed by atoms with Gasteiger partial charge in [-0.1, -0.05) is 23.5 Å². The molecule has 2 fully saturated rings.